The van der Waals surface area contributed by atoms with Gasteiger partial charge in [0.15, 0.2) is 5.78 Å². The van der Waals surface area contributed by atoms with Gasteiger partial charge in [-0.3, -0.25) is 9.59 Å². The van der Waals surface area contributed by atoms with E-state index in [-0.39, 0.29) is 18.7 Å². The Morgan fingerprint density at radius 2 is 2.07 bits per heavy atom. The van der Waals surface area contributed by atoms with Gasteiger partial charge in [0.05, 0.1) is 24.6 Å². The first-order chi connectivity index (χ1) is 7.87. The predicted octanol–water partition coefficient (Wildman–Crippen LogP) is -0.122. The number of aliphatic hydroxyl groups is 1. The number of ketones is 1. The van der Waals surface area contributed by atoms with Crippen molar-refractivity contribution >= 4 is 11.8 Å². The number of carboxylic acid groups (broad SMARTS) is 1. The molecule has 0 saturated heterocycles. The molecule has 0 unspecified atom stereocenters. The van der Waals surface area contributed by atoms with E-state index in [2.05, 4.69) is 0 Å². The highest BCUT2D eigenvalue weighted by Gasteiger charge is 2.24. The summed E-state index contributed by atoms with van der Waals surface area (Å²) in [5.41, 5.74) is 0. The standard InChI is InChI=1S/C10H19NO4/c1-4-8(12)6-11(2,3)7-9(13)5-10(14)15/h9,13H,4-7H2,1-3H3/p+1/t9-/m1/s1/i7D2,9D. The number of carboxylic acids is 1. The number of aliphatic carboxylic acids is 1. The van der Waals surface area contributed by atoms with Crippen molar-refractivity contribution in [3.63, 3.8) is 0 Å². The average Bonchev–Trinajstić information content (AvgIpc) is 2.14. The number of rotatable bonds is 7. The molecular formula is C10H20NO4+. The van der Waals surface area contributed by atoms with Crippen LogP contribution in [-0.2, 0) is 9.59 Å². The number of nitrogens with zero attached hydrogens (tertiary/aromatic N) is 1. The Balaban J connectivity index is 5.21. The smallest absolute Gasteiger partial charge is 0.306 e. The Labute approximate surface area is 94.1 Å². The van der Waals surface area contributed by atoms with Gasteiger partial charge in [-0.05, 0) is 0 Å². The molecule has 0 aromatic carbocycles. The Morgan fingerprint density at radius 1 is 1.53 bits per heavy atom. The summed E-state index contributed by atoms with van der Waals surface area (Å²) >= 11 is 0. The molecule has 0 aliphatic rings. The maximum absolute atomic E-state index is 11.4. The Bertz CT molecular complexity index is 342. The van der Waals surface area contributed by atoms with Crippen LogP contribution in [0, 0.1) is 0 Å². The second kappa shape index (κ2) is 5.82. The van der Waals surface area contributed by atoms with Crippen molar-refractivity contribution in [2.45, 2.75) is 25.8 Å². The first-order valence-electron chi connectivity index (χ1n) is 6.16. The van der Waals surface area contributed by atoms with Gasteiger partial charge in [-0.2, -0.15) is 0 Å². The number of quaternary nitrogens is 1. The second-order valence-electron chi connectivity index (χ2n) is 3.86. The summed E-state index contributed by atoms with van der Waals surface area (Å²) in [7, 11) is 2.68. The number of hydrogen-bond donors (Lipinski definition) is 2. The lowest BCUT2D eigenvalue weighted by atomic mass is 10.2. The normalized spacial score (nSPS) is 19.6. The van der Waals surface area contributed by atoms with Gasteiger partial charge < -0.3 is 14.7 Å². The fourth-order valence-corrected chi connectivity index (χ4v) is 1.12. The molecule has 0 rings (SSSR count). The molecule has 0 amide bonds. The summed E-state index contributed by atoms with van der Waals surface area (Å²) in [6.07, 6.45) is -3.65. The summed E-state index contributed by atoms with van der Waals surface area (Å²) in [6, 6.07) is 0. The largest absolute Gasteiger partial charge is 0.481 e. The van der Waals surface area contributed by atoms with Gasteiger partial charge in [-0.1, -0.05) is 6.92 Å². The van der Waals surface area contributed by atoms with E-state index in [9.17, 15) is 14.7 Å². The van der Waals surface area contributed by atoms with Crippen LogP contribution in [0.2, 0.25) is 0 Å². The zero-order chi connectivity index (χ0) is 14.8. The number of carbonyl (C=O) groups excluding carboxylic acids is 1. The first-order valence-corrected chi connectivity index (χ1v) is 4.66. The average molecular weight is 221 g/mol. The van der Waals surface area contributed by atoms with Crippen molar-refractivity contribution in [3.8, 4) is 0 Å². The number of carbonyl (C=O) groups is 2. The minimum Gasteiger partial charge on any atom is -0.481 e. The number of hydrogen-bond acceptors (Lipinski definition) is 3. The Kier molecular flexibility index (Phi) is 3.61. The maximum atomic E-state index is 11.4. The van der Waals surface area contributed by atoms with Crippen molar-refractivity contribution in [3.05, 3.63) is 0 Å². The Hall–Kier alpha value is -0.940. The molecule has 0 saturated carbocycles. The molecule has 5 heteroatoms. The molecule has 0 spiro atoms. The molecule has 2 N–H and O–H groups in total. The highest BCUT2D eigenvalue weighted by Crippen LogP contribution is 2.04. The van der Waals surface area contributed by atoms with Gasteiger partial charge in [0.25, 0.3) is 0 Å². The van der Waals surface area contributed by atoms with Gasteiger partial charge in [-0.15, -0.1) is 0 Å². The lowest BCUT2D eigenvalue weighted by Crippen LogP contribution is -2.48. The van der Waals surface area contributed by atoms with Crippen molar-refractivity contribution in [2.75, 3.05) is 27.1 Å². The third-order valence-corrected chi connectivity index (χ3v) is 1.72. The zero-order valence-electron chi connectivity index (χ0n) is 12.3. The summed E-state index contributed by atoms with van der Waals surface area (Å²) in [5, 5.41) is 18.3. The second-order valence-corrected chi connectivity index (χ2v) is 3.86. The van der Waals surface area contributed by atoms with Gasteiger partial charge in [0, 0.05) is 6.42 Å². The lowest BCUT2D eigenvalue weighted by molar-refractivity contribution is -0.885. The van der Waals surface area contributed by atoms with E-state index in [1.807, 2.05) is 0 Å². The fraction of sp³-hybridized carbons (Fsp3) is 0.800. The van der Waals surface area contributed by atoms with Crippen molar-refractivity contribution in [2.24, 2.45) is 0 Å². The molecular weight excluding hydrogens is 198 g/mol. The van der Waals surface area contributed by atoms with Gasteiger partial charge in [0.1, 0.15) is 19.1 Å². The van der Waals surface area contributed by atoms with E-state index >= 15 is 0 Å². The molecule has 15 heavy (non-hydrogen) atoms. The van der Waals surface area contributed by atoms with Crippen LogP contribution < -0.4 is 0 Å². The molecule has 0 aromatic heterocycles. The van der Waals surface area contributed by atoms with Crippen LogP contribution in [-0.4, -0.2) is 59.7 Å². The van der Waals surface area contributed by atoms with E-state index in [0.717, 1.165) is 0 Å². The molecule has 88 valence electrons. The van der Waals surface area contributed by atoms with Crippen LogP contribution in [0.25, 0.3) is 0 Å². The maximum Gasteiger partial charge on any atom is 0.306 e. The quantitative estimate of drug-likeness (QED) is 0.588. The minimum atomic E-state index is -2.81. The van der Waals surface area contributed by atoms with E-state index in [1.54, 1.807) is 6.92 Å². The van der Waals surface area contributed by atoms with Crippen LogP contribution in [0.4, 0.5) is 0 Å². The summed E-state index contributed by atoms with van der Waals surface area (Å²) in [4.78, 5) is 21.9. The van der Waals surface area contributed by atoms with Gasteiger partial charge in [0.2, 0.25) is 0 Å². The molecule has 0 aliphatic carbocycles. The van der Waals surface area contributed by atoms with Crippen molar-refractivity contribution in [1.82, 2.24) is 0 Å². The zero-order valence-corrected chi connectivity index (χ0v) is 9.28. The van der Waals surface area contributed by atoms with Crippen LogP contribution in [0.5, 0.6) is 0 Å². The number of likely N-dealkylation sites (N-methyl/N-ethyl adjacent to an activating group) is 1. The van der Waals surface area contributed by atoms with Crippen LogP contribution in [0.3, 0.4) is 0 Å². The SMILES string of the molecule is [2H]C([2H])([C@]([2H])(O)CC(=O)O)[N+](C)(C)CC(=O)CC. The van der Waals surface area contributed by atoms with Crippen molar-refractivity contribution in [1.29, 1.82) is 0 Å². The molecule has 0 fully saturated rings. The molecule has 5 nitrogen and oxygen atoms in total. The topological polar surface area (TPSA) is 74.6 Å². The van der Waals surface area contributed by atoms with E-state index in [1.165, 1.54) is 14.1 Å². The van der Waals surface area contributed by atoms with Crippen LogP contribution in [0.1, 0.15) is 23.9 Å². The van der Waals surface area contributed by atoms with Crippen LogP contribution in [0.15, 0.2) is 0 Å². The molecule has 0 radical (unpaired) electrons. The van der Waals surface area contributed by atoms with E-state index in [4.69, 9.17) is 9.22 Å². The van der Waals surface area contributed by atoms with E-state index in [0.29, 0.717) is 0 Å². The van der Waals surface area contributed by atoms with Crippen LogP contribution >= 0.6 is 0 Å². The molecule has 1 atom stereocenters. The third kappa shape index (κ3) is 7.04. The van der Waals surface area contributed by atoms with Crippen molar-refractivity contribution < 1.29 is 28.4 Å². The molecule has 0 aliphatic heterocycles. The highest BCUT2D eigenvalue weighted by atomic mass is 16.4. The summed E-state index contributed by atoms with van der Waals surface area (Å²) < 4.78 is 22.4. The van der Waals surface area contributed by atoms with Gasteiger partial charge in [-0.25, -0.2) is 0 Å². The highest BCUT2D eigenvalue weighted by molar-refractivity contribution is 5.79. The molecule has 0 bridgehead atoms. The van der Waals surface area contributed by atoms with Gasteiger partial charge >= 0.3 is 5.97 Å². The third-order valence-electron chi connectivity index (χ3n) is 1.72. The minimum absolute atomic E-state index is 0.215. The Morgan fingerprint density at radius 3 is 2.47 bits per heavy atom. The molecule has 0 aromatic rings. The number of Topliss-reactive ketones (excluding diaryl/α,β-unsaturated/α-hetero) is 1. The monoisotopic (exact) mass is 221 g/mol. The fourth-order valence-electron chi connectivity index (χ4n) is 1.12. The predicted molar refractivity (Wildman–Crippen MR) is 55.4 cm³/mol. The summed E-state index contributed by atoms with van der Waals surface area (Å²) in [5.74, 6) is -1.70. The lowest BCUT2D eigenvalue weighted by Gasteiger charge is -2.30. The first kappa shape index (κ1) is 9.30. The summed E-state index contributed by atoms with van der Waals surface area (Å²) in [6.45, 7) is -1.18. The molecule has 0 heterocycles. The van der Waals surface area contributed by atoms with E-state index < -0.39 is 29.5 Å².